The average molecular weight is 523 g/mol. The van der Waals surface area contributed by atoms with Gasteiger partial charge in [-0.25, -0.2) is 0 Å². The number of amides is 1. The Morgan fingerprint density at radius 3 is 2.06 bits per heavy atom. The Kier molecular flexibility index (Phi) is 8.28. The van der Waals surface area contributed by atoms with Gasteiger partial charge in [-0.2, -0.15) is 0 Å². The maximum Gasteiger partial charge on any atom is 0.227 e. The molecule has 188 valence electrons. The number of benzene rings is 3. The highest BCUT2D eigenvalue weighted by Crippen LogP contribution is 2.30. The predicted molar refractivity (Wildman–Crippen MR) is 147 cm³/mol. The first-order valence-corrected chi connectivity index (χ1v) is 13.6. The molecule has 6 heteroatoms. The summed E-state index contributed by atoms with van der Waals surface area (Å²) in [6.07, 6.45) is 2.01. The predicted octanol–water partition coefficient (Wildman–Crippen LogP) is 6.14. The molecule has 4 nitrogen and oxygen atoms in total. The highest BCUT2D eigenvalue weighted by molar-refractivity contribution is 6.42. The minimum Gasteiger partial charge on any atom is -0.340 e. The number of likely N-dealkylation sites (tertiary alicyclic amines) is 1. The summed E-state index contributed by atoms with van der Waals surface area (Å²) in [7, 11) is 0. The molecule has 2 aliphatic rings. The molecule has 2 fully saturated rings. The van der Waals surface area contributed by atoms with Crippen LogP contribution < -0.4 is 0 Å². The zero-order chi connectivity index (χ0) is 24.9. The number of hydrogen-bond acceptors (Lipinski definition) is 3. The largest absolute Gasteiger partial charge is 0.340 e. The molecule has 3 aromatic carbocycles. The zero-order valence-corrected chi connectivity index (χ0v) is 22.0. The Hall–Kier alpha value is -2.37. The third kappa shape index (κ3) is 5.95. The van der Waals surface area contributed by atoms with Crippen molar-refractivity contribution in [3.8, 4) is 0 Å². The summed E-state index contributed by atoms with van der Waals surface area (Å²) in [5.74, 6) is 0.372. The molecule has 1 amide bonds. The molecule has 0 spiro atoms. The van der Waals surface area contributed by atoms with Gasteiger partial charge in [0.25, 0.3) is 0 Å². The Morgan fingerprint density at radius 2 is 1.44 bits per heavy atom. The minimum atomic E-state index is 0.0621. The first-order valence-electron chi connectivity index (χ1n) is 12.9. The minimum absolute atomic E-state index is 0.0621. The van der Waals surface area contributed by atoms with Gasteiger partial charge in [0.05, 0.1) is 22.0 Å². The second-order valence-electron chi connectivity index (χ2n) is 9.91. The molecule has 5 rings (SSSR count). The molecular formula is C30H33Cl2N3O. The Bertz CT molecular complexity index is 1110. The lowest BCUT2D eigenvalue weighted by atomic mass is 9.94. The Labute approximate surface area is 224 Å². The number of halogens is 2. The molecule has 0 bridgehead atoms. The van der Waals surface area contributed by atoms with E-state index in [0.717, 1.165) is 64.2 Å². The second-order valence-corrected chi connectivity index (χ2v) is 10.7. The molecule has 3 aromatic rings. The van der Waals surface area contributed by atoms with Crippen molar-refractivity contribution in [2.24, 2.45) is 5.92 Å². The number of nitrogens with zero attached hydrogens (tertiary/aromatic N) is 3. The number of rotatable bonds is 6. The van der Waals surface area contributed by atoms with Crippen LogP contribution in [0.5, 0.6) is 0 Å². The first kappa shape index (κ1) is 25.3. The second kappa shape index (κ2) is 11.8. The van der Waals surface area contributed by atoms with E-state index >= 15 is 0 Å². The number of carbonyl (C=O) groups excluding carboxylic acids is 1. The standard InChI is InChI=1S/C30H33Cl2N3O/c31-27-14-13-23(20-28(27)32)21-33-15-7-12-26(22-33)30(36)35-18-16-34(17-19-35)29(24-8-3-1-4-9-24)25-10-5-2-6-11-25/h1-6,8-11,13-14,20,26,29H,7,12,15-19,21-22H2. The Morgan fingerprint density at radius 1 is 0.806 bits per heavy atom. The van der Waals surface area contributed by atoms with Gasteiger partial charge in [0.15, 0.2) is 0 Å². The van der Waals surface area contributed by atoms with Crippen molar-refractivity contribution in [2.45, 2.75) is 25.4 Å². The van der Waals surface area contributed by atoms with E-state index in [1.165, 1.54) is 11.1 Å². The van der Waals surface area contributed by atoms with Gasteiger partial charge >= 0.3 is 0 Å². The van der Waals surface area contributed by atoms with Crippen LogP contribution in [0, 0.1) is 5.92 Å². The van der Waals surface area contributed by atoms with Crippen molar-refractivity contribution in [3.63, 3.8) is 0 Å². The number of hydrogen-bond donors (Lipinski definition) is 0. The molecular weight excluding hydrogens is 489 g/mol. The summed E-state index contributed by atoms with van der Waals surface area (Å²) in [6.45, 7) is 5.91. The van der Waals surface area contributed by atoms with Gasteiger partial charge in [-0.3, -0.25) is 14.6 Å². The van der Waals surface area contributed by atoms with Crippen LogP contribution in [0.25, 0.3) is 0 Å². The molecule has 0 aromatic heterocycles. The molecule has 0 saturated carbocycles. The van der Waals surface area contributed by atoms with Gasteiger partial charge in [-0.15, -0.1) is 0 Å². The lowest BCUT2D eigenvalue weighted by molar-refractivity contribution is -0.139. The topological polar surface area (TPSA) is 26.8 Å². The SMILES string of the molecule is O=C(C1CCCN(Cc2ccc(Cl)c(Cl)c2)C1)N1CCN(C(c2ccccc2)c2ccccc2)CC1. The average Bonchev–Trinajstić information content (AvgIpc) is 2.92. The van der Waals surface area contributed by atoms with Crippen LogP contribution in [-0.2, 0) is 11.3 Å². The van der Waals surface area contributed by atoms with E-state index in [9.17, 15) is 4.79 Å². The molecule has 0 N–H and O–H groups in total. The maximum atomic E-state index is 13.5. The lowest BCUT2D eigenvalue weighted by Crippen LogP contribution is -2.53. The monoisotopic (exact) mass is 521 g/mol. The molecule has 0 radical (unpaired) electrons. The van der Waals surface area contributed by atoms with Gasteiger partial charge in [-0.05, 0) is 48.2 Å². The van der Waals surface area contributed by atoms with Crippen LogP contribution in [0.2, 0.25) is 10.0 Å². The molecule has 2 saturated heterocycles. The van der Waals surface area contributed by atoms with Crippen molar-refractivity contribution < 1.29 is 4.79 Å². The highest BCUT2D eigenvalue weighted by Gasteiger charge is 2.33. The van der Waals surface area contributed by atoms with E-state index in [0.29, 0.717) is 16.0 Å². The molecule has 2 aliphatic heterocycles. The van der Waals surface area contributed by atoms with E-state index in [4.69, 9.17) is 23.2 Å². The smallest absolute Gasteiger partial charge is 0.227 e. The van der Waals surface area contributed by atoms with Crippen molar-refractivity contribution in [1.29, 1.82) is 0 Å². The fourth-order valence-electron chi connectivity index (χ4n) is 5.64. The van der Waals surface area contributed by atoms with Gasteiger partial charge in [-0.1, -0.05) is 89.9 Å². The van der Waals surface area contributed by atoms with Crippen LogP contribution in [0.3, 0.4) is 0 Å². The summed E-state index contributed by atoms with van der Waals surface area (Å²) in [4.78, 5) is 20.5. The quantitative estimate of drug-likeness (QED) is 0.389. The summed E-state index contributed by atoms with van der Waals surface area (Å²) < 4.78 is 0. The van der Waals surface area contributed by atoms with E-state index in [2.05, 4.69) is 75.4 Å². The van der Waals surface area contributed by atoms with Crippen molar-refractivity contribution in [2.75, 3.05) is 39.3 Å². The maximum absolute atomic E-state index is 13.5. The Balaban J connectivity index is 1.21. The fourth-order valence-corrected chi connectivity index (χ4v) is 5.96. The van der Waals surface area contributed by atoms with Crippen LogP contribution in [0.15, 0.2) is 78.9 Å². The van der Waals surface area contributed by atoms with Crippen molar-refractivity contribution >= 4 is 29.1 Å². The van der Waals surface area contributed by atoms with E-state index in [1.807, 2.05) is 18.2 Å². The molecule has 1 atom stereocenters. The van der Waals surface area contributed by atoms with Crippen LogP contribution in [0.4, 0.5) is 0 Å². The summed E-state index contributed by atoms with van der Waals surface area (Å²) in [5, 5.41) is 1.16. The zero-order valence-electron chi connectivity index (χ0n) is 20.5. The van der Waals surface area contributed by atoms with E-state index in [1.54, 1.807) is 0 Å². The summed E-state index contributed by atoms with van der Waals surface area (Å²) in [5.41, 5.74) is 3.74. The van der Waals surface area contributed by atoms with E-state index < -0.39 is 0 Å². The molecule has 2 heterocycles. The van der Waals surface area contributed by atoms with E-state index in [-0.39, 0.29) is 12.0 Å². The van der Waals surface area contributed by atoms with Crippen molar-refractivity contribution in [1.82, 2.24) is 14.7 Å². The van der Waals surface area contributed by atoms with Crippen LogP contribution >= 0.6 is 23.2 Å². The normalized spacial score (nSPS) is 19.5. The summed E-state index contributed by atoms with van der Waals surface area (Å²) >= 11 is 12.3. The van der Waals surface area contributed by atoms with Gasteiger partial charge < -0.3 is 4.90 Å². The van der Waals surface area contributed by atoms with Gasteiger partial charge in [0.1, 0.15) is 0 Å². The highest BCUT2D eigenvalue weighted by atomic mass is 35.5. The first-order chi connectivity index (χ1) is 17.6. The molecule has 0 aliphatic carbocycles. The van der Waals surface area contributed by atoms with Crippen LogP contribution in [0.1, 0.15) is 35.6 Å². The third-order valence-electron chi connectivity index (χ3n) is 7.47. The number of carbonyl (C=O) groups is 1. The lowest BCUT2D eigenvalue weighted by Gasteiger charge is -2.42. The third-order valence-corrected chi connectivity index (χ3v) is 8.21. The van der Waals surface area contributed by atoms with Gasteiger partial charge in [0.2, 0.25) is 5.91 Å². The number of piperidine rings is 1. The fraction of sp³-hybridized carbons (Fsp3) is 0.367. The van der Waals surface area contributed by atoms with Crippen LogP contribution in [-0.4, -0.2) is 59.9 Å². The molecule has 1 unspecified atom stereocenters. The van der Waals surface area contributed by atoms with Gasteiger partial charge in [0, 0.05) is 39.3 Å². The number of piperazine rings is 1. The summed E-state index contributed by atoms with van der Waals surface area (Å²) in [6, 6.07) is 27.4. The van der Waals surface area contributed by atoms with Crippen molar-refractivity contribution in [3.05, 3.63) is 106 Å². The molecule has 36 heavy (non-hydrogen) atoms.